The Morgan fingerprint density at radius 2 is 2.00 bits per heavy atom. The SMILES string of the molecule is CN(C(=O)OC1COC1)C1CCN(c2ncnc3ccccc23)CC1. The van der Waals surface area contributed by atoms with Gasteiger partial charge in [0.25, 0.3) is 0 Å². The number of anilines is 1. The van der Waals surface area contributed by atoms with E-state index in [1.165, 1.54) is 0 Å². The molecule has 2 aliphatic rings. The van der Waals surface area contributed by atoms with Gasteiger partial charge in [0.05, 0.1) is 18.7 Å². The van der Waals surface area contributed by atoms with Crippen molar-refractivity contribution in [2.24, 2.45) is 0 Å². The summed E-state index contributed by atoms with van der Waals surface area (Å²) in [5.74, 6) is 0.973. The third-order valence-corrected chi connectivity index (χ3v) is 5.00. The summed E-state index contributed by atoms with van der Waals surface area (Å²) in [6, 6.07) is 8.25. The predicted octanol–water partition coefficient (Wildman–Crippen LogP) is 2.07. The number of amides is 1. The second-order valence-electron chi connectivity index (χ2n) is 6.59. The molecule has 1 aromatic carbocycles. The van der Waals surface area contributed by atoms with E-state index in [-0.39, 0.29) is 18.2 Å². The van der Waals surface area contributed by atoms with E-state index in [0.717, 1.165) is 42.7 Å². The summed E-state index contributed by atoms with van der Waals surface area (Å²) in [7, 11) is 1.82. The highest BCUT2D eigenvalue weighted by atomic mass is 16.6. The summed E-state index contributed by atoms with van der Waals surface area (Å²) in [5.41, 5.74) is 0.957. The van der Waals surface area contributed by atoms with E-state index in [0.29, 0.717) is 13.2 Å². The lowest BCUT2D eigenvalue weighted by Crippen LogP contribution is -2.48. The molecule has 1 aromatic heterocycles. The van der Waals surface area contributed by atoms with E-state index >= 15 is 0 Å². The van der Waals surface area contributed by atoms with Crippen molar-refractivity contribution in [3.63, 3.8) is 0 Å². The van der Waals surface area contributed by atoms with Crippen LogP contribution in [0.15, 0.2) is 30.6 Å². The Hall–Kier alpha value is -2.41. The number of carbonyl (C=O) groups excluding carboxylic acids is 1. The lowest BCUT2D eigenvalue weighted by Gasteiger charge is -2.38. The van der Waals surface area contributed by atoms with Crippen LogP contribution >= 0.6 is 0 Å². The molecule has 7 nitrogen and oxygen atoms in total. The number of rotatable bonds is 3. The topological polar surface area (TPSA) is 67.8 Å². The first-order valence-electron chi connectivity index (χ1n) is 8.68. The zero-order valence-corrected chi connectivity index (χ0v) is 14.3. The van der Waals surface area contributed by atoms with E-state index in [1.807, 2.05) is 25.2 Å². The number of fused-ring (bicyclic) bond motifs is 1. The molecule has 0 atom stereocenters. The van der Waals surface area contributed by atoms with Crippen LogP contribution in [0.4, 0.5) is 10.6 Å². The molecule has 0 unspecified atom stereocenters. The maximum absolute atomic E-state index is 12.2. The van der Waals surface area contributed by atoms with Crippen molar-refractivity contribution in [1.82, 2.24) is 14.9 Å². The molecule has 0 spiro atoms. The summed E-state index contributed by atoms with van der Waals surface area (Å²) < 4.78 is 10.4. The molecule has 2 fully saturated rings. The van der Waals surface area contributed by atoms with Crippen molar-refractivity contribution in [3.05, 3.63) is 30.6 Å². The first kappa shape index (κ1) is 16.1. The first-order chi connectivity index (χ1) is 12.2. The monoisotopic (exact) mass is 342 g/mol. The van der Waals surface area contributed by atoms with Crippen molar-refractivity contribution >= 4 is 22.8 Å². The number of carbonyl (C=O) groups is 1. The van der Waals surface area contributed by atoms with Crippen LogP contribution in [0.25, 0.3) is 10.9 Å². The molecule has 1 amide bonds. The Morgan fingerprint density at radius 3 is 2.72 bits per heavy atom. The fraction of sp³-hybridized carbons (Fsp3) is 0.500. The van der Waals surface area contributed by atoms with E-state index in [2.05, 4.69) is 20.9 Å². The maximum Gasteiger partial charge on any atom is 0.410 e. The van der Waals surface area contributed by atoms with Gasteiger partial charge in [-0.2, -0.15) is 0 Å². The zero-order chi connectivity index (χ0) is 17.2. The molecule has 7 heteroatoms. The van der Waals surface area contributed by atoms with Gasteiger partial charge in [-0.25, -0.2) is 14.8 Å². The first-order valence-corrected chi connectivity index (χ1v) is 8.68. The van der Waals surface area contributed by atoms with Crippen LogP contribution in [0.2, 0.25) is 0 Å². The van der Waals surface area contributed by atoms with Crippen LogP contribution < -0.4 is 4.90 Å². The highest BCUT2D eigenvalue weighted by molar-refractivity contribution is 5.89. The molecule has 0 saturated carbocycles. The smallest absolute Gasteiger partial charge is 0.410 e. The number of para-hydroxylation sites is 1. The van der Waals surface area contributed by atoms with Gasteiger partial charge in [0.15, 0.2) is 6.10 Å². The third kappa shape index (κ3) is 3.24. The van der Waals surface area contributed by atoms with Crippen LogP contribution in [0.3, 0.4) is 0 Å². The molecule has 0 bridgehead atoms. The van der Waals surface area contributed by atoms with Gasteiger partial charge in [-0.15, -0.1) is 0 Å². The Balaban J connectivity index is 1.40. The largest absolute Gasteiger partial charge is 0.441 e. The summed E-state index contributed by atoms with van der Waals surface area (Å²) in [5, 5.41) is 1.07. The summed E-state index contributed by atoms with van der Waals surface area (Å²) in [4.78, 5) is 25.0. The predicted molar refractivity (Wildman–Crippen MR) is 93.6 cm³/mol. The number of nitrogens with zero attached hydrogens (tertiary/aromatic N) is 4. The number of hydrogen-bond donors (Lipinski definition) is 0. The van der Waals surface area contributed by atoms with Crippen LogP contribution in [0, 0.1) is 0 Å². The van der Waals surface area contributed by atoms with Crippen molar-refractivity contribution in [3.8, 4) is 0 Å². The quantitative estimate of drug-likeness (QED) is 0.851. The van der Waals surface area contributed by atoms with Gasteiger partial charge in [-0.05, 0) is 25.0 Å². The highest BCUT2D eigenvalue weighted by Crippen LogP contribution is 2.26. The molecule has 2 saturated heterocycles. The van der Waals surface area contributed by atoms with Gasteiger partial charge >= 0.3 is 6.09 Å². The molecule has 3 heterocycles. The molecular weight excluding hydrogens is 320 g/mol. The minimum absolute atomic E-state index is 0.0811. The van der Waals surface area contributed by atoms with Gasteiger partial charge in [0, 0.05) is 31.6 Å². The molecule has 0 N–H and O–H groups in total. The molecule has 4 rings (SSSR count). The zero-order valence-electron chi connectivity index (χ0n) is 14.3. The number of hydrogen-bond acceptors (Lipinski definition) is 6. The van der Waals surface area contributed by atoms with Crippen molar-refractivity contribution in [2.75, 3.05) is 38.3 Å². The van der Waals surface area contributed by atoms with Crippen molar-refractivity contribution < 1.29 is 14.3 Å². The lowest BCUT2D eigenvalue weighted by atomic mass is 10.0. The Labute approximate surface area is 146 Å². The molecule has 0 radical (unpaired) electrons. The third-order valence-electron chi connectivity index (χ3n) is 5.00. The number of piperidine rings is 1. The fourth-order valence-corrected chi connectivity index (χ4v) is 3.36. The van der Waals surface area contributed by atoms with Gasteiger partial charge in [-0.3, -0.25) is 0 Å². The van der Waals surface area contributed by atoms with E-state index < -0.39 is 0 Å². The van der Waals surface area contributed by atoms with Crippen LogP contribution in [0.1, 0.15) is 12.8 Å². The standard InChI is InChI=1S/C18H22N4O3/c1-21(18(23)25-14-10-24-11-14)13-6-8-22(9-7-13)17-15-4-2-3-5-16(15)19-12-20-17/h2-5,12-14H,6-11H2,1H3. The van der Waals surface area contributed by atoms with Crippen molar-refractivity contribution in [2.45, 2.75) is 25.0 Å². The lowest BCUT2D eigenvalue weighted by molar-refractivity contribution is -0.105. The number of aromatic nitrogens is 2. The normalized spacial score (nSPS) is 18.8. The average Bonchev–Trinajstić information content (AvgIpc) is 2.63. The second-order valence-corrected chi connectivity index (χ2v) is 6.59. The number of benzene rings is 1. The molecule has 132 valence electrons. The van der Waals surface area contributed by atoms with Crippen LogP contribution in [-0.4, -0.2) is 66.5 Å². The van der Waals surface area contributed by atoms with E-state index in [1.54, 1.807) is 11.2 Å². The maximum atomic E-state index is 12.2. The molecule has 2 aromatic rings. The molecule has 2 aliphatic heterocycles. The fourth-order valence-electron chi connectivity index (χ4n) is 3.36. The van der Waals surface area contributed by atoms with Gasteiger partial charge in [0.1, 0.15) is 12.1 Å². The number of ether oxygens (including phenoxy) is 2. The summed E-state index contributed by atoms with van der Waals surface area (Å²) in [6.45, 7) is 2.74. The van der Waals surface area contributed by atoms with Crippen molar-refractivity contribution in [1.29, 1.82) is 0 Å². The van der Waals surface area contributed by atoms with Gasteiger partial charge in [-0.1, -0.05) is 12.1 Å². The summed E-state index contributed by atoms with van der Waals surface area (Å²) >= 11 is 0. The molecule has 0 aliphatic carbocycles. The van der Waals surface area contributed by atoms with Gasteiger partial charge < -0.3 is 19.3 Å². The highest BCUT2D eigenvalue weighted by Gasteiger charge is 2.30. The molecule has 25 heavy (non-hydrogen) atoms. The molecular formula is C18H22N4O3. The minimum atomic E-state index is -0.251. The van der Waals surface area contributed by atoms with E-state index in [9.17, 15) is 4.79 Å². The summed E-state index contributed by atoms with van der Waals surface area (Å²) in [6.07, 6.45) is 3.08. The van der Waals surface area contributed by atoms with Crippen LogP contribution in [-0.2, 0) is 9.47 Å². The Bertz CT molecular complexity index is 752. The van der Waals surface area contributed by atoms with Gasteiger partial charge in [0.2, 0.25) is 0 Å². The van der Waals surface area contributed by atoms with E-state index in [4.69, 9.17) is 9.47 Å². The minimum Gasteiger partial charge on any atom is -0.441 e. The Morgan fingerprint density at radius 1 is 1.24 bits per heavy atom. The second kappa shape index (κ2) is 6.84. The Kier molecular flexibility index (Phi) is 4.40. The van der Waals surface area contributed by atoms with Crippen LogP contribution in [0.5, 0.6) is 0 Å². The average molecular weight is 342 g/mol.